The third-order valence-electron chi connectivity index (χ3n) is 3.94. The molecule has 3 aromatic heterocycles. The van der Waals surface area contributed by atoms with E-state index in [2.05, 4.69) is 37.5 Å². The number of fused-ring (bicyclic) bond motifs is 1. The summed E-state index contributed by atoms with van der Waals surface area (Å²) in [6.07, 6.45) is 7.16. The molecule has 1 amide bonds. The maximum atomic E-state index is 12.9. The number of amides is 1. The highest BCUT2D eigenvalue weighted by molar-refractivity contribution is 9.10. The van der Waals surface area contributed by atoms with Gasteiger partial charge in [-0.15, -0.1) is 11.3 Å². The highest BCUT2D eigenvalue weighted by Gasteiger charge is 2.32. The Kier molecular flexibility index (Phi) is 3.46. The van der Waals surface area contributed by atoms with Gasteiger partial charge in [0.1, 0.15) is 5.56 Å². The van der Waals surface area contributed by atoms with Gasteiger partial charge in [0.2, 0.25) is 0 Å². The summed E-state index contributed by atoms with van der Waals surface area (Å²) in [5, 5.41) is 6.30. The third kappa shape index (κ3) is 2.24. The second kappa shape index (κ2) is 5.48. The monoisotopic (exact) mass is 376 g/mol. The first-order chi connectivity index (χ1) is 10.7. The molecule has 112 valence electrons. The van der Waals surface area contributed by atoms with Gasteiger partial charge in [0.25, 0.3) is 5.91 Å². The van der Waals surface area contributed by atoms with Crippen LogP contribution in [0.2, 0.25) is 0 Å². The molecule has 1 fully saturated rings. The SMILES string of the molecule is O=C(c1cnn2cc(Br)cnc12)N1CCC[C@@H]1c1cccs1. The van der Waals surface area contributed by atoms with Crippen LogP contribution in [0.15, 0.2) is 40.6 Å². The highest BCUT2D eigenvalue weighted by Crippen LogP contribution is 2.35. The predicted molar refractivity (Wildman–Crippen MR) is 88.0 cm³/mol. The average molecular weight is 377 g/mol. The van der Waals surface area contributed by atoms with E-state index in [0.717, 1.165) is 23.9 Å². The van der Waals surface area contributed by atoms with Crippen molar-refractivity contribution in [2.24, 2.45) is 0 Å². The fourth-order valence-electron chi connectivity index (χ4n) is 2.94. The van der Waals surface area contributed by atoms with E-state index in [1.54, 1.807) is 34.4 Å². The van der Waals surface area contributed by atoms with Gasteiger partial charge in [-0.1, -0.05) is 6.07 Å². The molecule has 1 saturated heterocycles. The van der Waals surface area contributed by atoms with E-state index in [4.69, 9.17) is 0 Å². The van der Waals surface area contributed by atoms with Crippen LogP contribution >= 0.6 is 27.3 Å². The molecule has 4 rings (SSSR count). The Labute approximate surface area is 139 Å². The second-order valence-corrected chi connectivity index (χ2v) is 7.17. The van der Waals surface area contributed by atoms with Gasteiger partial charge in [-0.2, -0.15) is 5.10 Å². The number of rotatable bonds is 2. The zero-order chi connectivity index (χ0) is 15.1. The maximum Gasteiger partial charge on any atom is 0.259 e. The van der Waals surface area contributed by atoms with Gasteiger partial charge in [-0.05, 0) is 40.2 Å². The number of hydrogen-bond acceptors (Lipinski definition) is 4. The lowest BCUT2D eigenvalue weighted by atomic mass is 10.1. The fraction of sp³-hybridized carbons (Fsp3) is 0.267. The van der Waals surface area contributed by atoms with E-state index in [9.17, 15) is 4.79 Å². The summed E-state index contributed by atoms with van der Waals surface area (Å²) in [6, 6.07) is 4.32. The lowest BCUT2D eigenvalue weighted by Gasteiger charge is -2.23. The molecule has 0 aromatic carbocycles. The molecule has 22 heavy (non-hydrogen) atoms. The molecule has 0 unspecified atom stereocenters. The van der Waals surface area contributed by atoms with Crippen molar-refractivity contribution in [1.82, 2.24) is 19.5 Å². The molecule has 7 heteroatoms. The summed E-state index contributed by atoms with van der Waals surface area (Å²) in [5.74, 6) is 0.0146. The van der Waals surface area contributed by atoms with Gasteiger partial charge in [0.15, 0.2) is 5.65 Å². The lowest BCUT2D eigenvalue weighted by molar-refractivity contribution is 0.0739. The molecule has 0 radical (unpaired) electrons. The van der Waals surface area contributed by atoms with Crippen LogP contribution in [0.3, 0.4) is 0 Å². The van der Waals surface area contributed by atoms with Crippen molar-refractivity contribution in [3.8, 4) is 0 Å². The Hall–Kier alpha value is -1.73. The highest BCUT2D eigenvalue weighted by atomic mass is 79.9. The average Bonchev–Trinajstić information content (AvgIpc) is 3.25. The number of aromatic nitrogens is 3. The van der Waals surface area contributed by atoms with Crippen molar-refractivity contribution < 1.29 is 4.79 Å². The minimum absolute atomic E-state index is 0.0146. The molecule has 0 spiro atoms. The molecule has 1 aliphatic rings. The Morgan fingerprint density at radius 2 is 2.32 bits per heavy atom. The number of likely N-dealkylation sites (tertiary alicyclic amines) is 1. The van der Waals surface area contributed by atoms with Crippen LogP contribution in [0.1, 0.15) is 34.1 Å². The van der Waals surface area contributed by atoms with Crippen LogP contribution in [-0.4, -0.2) is 31.9 Å². The molecular weight excluding hydrogens is 364 g/mol. The van der Waals surface area contributed by atoms with E-state index in [-0.39, 0.29) is 11.9 Å². The van der Waals surface area contributed by atoms with Crippen molar-refractivity contribution in [1.29, 1.82) is 0 Å². The summed E-state index contributed by atoms with van der Waals surface area (Å²) < 4.78 is 2.47. The van der Waals surface area contributed by atoms with E-state index in [0.29, 0.717) is 11.2 Å². The van der Waals surface area contributed by atoms with Crippen molar-refractivity contribution in [2.75, 3.05) is 6.54 Å². The lowest BCUT2D eigenvalue weighted by Crippen LogP contribution is -2.30. The number of carbonyl (C=O) groups excluding carboxylic acids is 1. The standard InChI is InChI=1S/C15H13BrN4OS/c16-10-7-17-14-11(8-18-20(14)9-10)15(21)19-5-1-3-12(19)13-4-2-6-22-13/h2,4,6-9,12H,1,3,5H2/t12-/m1/s1. The third-order valence-corrected chi connectivity index (χ3v) is 5.32. The van der Waals surface area contributed by atoms with Crippen molar-refractivity contribution in [3.63, 3.8) is 0 Å². The van der Waals surface area contributed by atoms with Crippen LogP contribution in [0.25, 0.3) is 5.65 Å². The molecule has 1 atom stereocenters. The summed E-state index contributed by atoms with van der Waals surface area (Å²) in [5.41, 5.74) is 1.17. The first-order valence-electron chi connectivity index (χ1n) is 7.07. The second-order valence-electron chi connectivity index (χ2n) is 5.27. The molecular formula is C15H13BrN4OS. The number of nitrogens with zero attached hydrogens (tertiary/aromatic N) is 4. The Balaban J connectivity index is 1.70. The number of carbonyl (C=O) groups is 1. The first-order valence-corrected chi connectivity index (χ1v) is 8.74. The Bertz CT molecular complexity index is 829. The van der Waals surface area contributed by atoms with Crippen LogP contribution < -0.4 is 0 Å². The molecule has 5 nitrogen and oxygen atoms in total. The van der Waals surface area contributed by atoms with Gasteiger partial charge >= 0.3 is 0 Å². The largest absolute Gasteiger partial charge is 0.331 e. The molecule has 3 aromatic rings. The molecule has 0 saturated carbocycles. The van der Waals surface area contributed by atoms with E-state index < -0.39 is 0 Å². The van der Waals surface area contributed by atoms with E-state index in [1.165, 1.54) is 4.88 Å². The van der Waals surface area contributed by atoms with Crippen LogP contribution in [0, 0.1) is 0 Å². The molecule has 4 heterocycles. The Morgan fingerprint density at radius 1 is 1.41 bits per heavy atom. The van der Waals surface area contributed by atoms with Gasteiger partial charge in [-0.3, -0.25) is 4.79 Å². The smallest absolute Gasteiger partial charge is 0.259 e. The summed E-state index contributed by atoms with van der Waals surface area (Å²) >= 11 is 5.07. The van der Waals surface area contributed by atoms with Crippen molar-refractivity contribution in [3.05, 3.63) is 51.0 Å². The first kappa shape index (κ1) is 13.9. The normalized spacial score (nSPS) is 18.2. The van der Waals surface area contributed by atoms with Gasteiger partial charge < -0.3 is 4.90 Å². The topological polar surface area (TPSA) is 50.5 Å². The number of hydrogen-bond donors (Lipinski definition) is 0. The molecule has 0 bridgehead atoms. The molecule has 0 N–H and O–H groups in total. The molecule has 0 aliphatic carbocycles. The van der Waals surface area contributed by atoms with Gasteiger partial charge in [0, 0.05) is 23.8 Å². The molecule has 1 aliphatic heterocycles. The maximum absolute atomic E-state index is 12.9. The van der Waals surface area contributed by atoms with E-state index >= 15 is 0 Å². The quantitative estimate of drug-likeness (QED) is 0.687. The van der Waals surface area contributed by atoms with Crippen molar-refractivity contribution in [2.45, 2.75) is 18.9 Å². The zero-order valence-corrected chi connectivity index (χ0v) is 14.0. The van der Waals surface area contributed by atoms with Crippen LogP contribution in [-0.2, 0) is 0 Å². The van der Waals surface area contributed by atoms with Crippen molar-refractivity contribution >= 4 is 38.8 Å². The van der Waals surface area contributed by atoms with Gasteiger partial charge in [0.05, 0.1) is 16.7 Å². The predicted octanol–water partition coefficient (Wildman–Crippen LogP) is 3.53. The van der Waals surface area contributed by atoms with E-state index in [1.807, 2.05) is 11.0 Å². The Morgan fingerprint density at radius 3 is 3.14 bits per heavy atom. The minimum Gasteiger partial charge on any atom is -0.331 e. The summed E-state index contributed by atoms with van der Waals surface area (Å²) in [4.78, 5) is 20.5. The van der Waals surface area contributed by atoms with Gasteiger partial charge in [-0.25, -0.2) is 9.50 Å². The summed E-state index contributed by atoms with van der Waals surface area (Å²) in [7, 11) is 0. The summed E-state index contributed by atoms with van der Waals surface area (Å²) in [6.45, 7) is 0.787. The fourth-order valence-corrected chi connectivity index (χ4v) is 4.11. The van der Waals surface area contributed by atoms with Crippen LogP contribution in [0.4, 0.5) is 0 Å². The van der Waals surface area contributed by atoms with Crippen LogP contribution in [0.5, 0.6) is 0 Å². The number of halogens is 1. The zero-order valence-electron chi connectivity index (χ0n) is 11.6. The number of thiophene rings is 1. The minimum atomic E-state index is 0.0146.